The summed E-state index contributed by atoms with van der Waals surface area (Å²) >= 11 is 0. The van der Waals surface area contributed by atoms with E-state index in [9.17, 15) is 0 Å². The topological polar surface area (TPSA) is 61.8 Å². The molecular weight excluding hydrogens is 226 g/mol. The average Bonchev–Trinajstić information content (AvgIpc) is 2.34. The van der Waals surface area contributed by atoms with Crippen molar-refractivity contribution in [3.05, 3.63) is 34.9 Å². The Balaban J connectivity index is 2.73. The van der Waals surface area contributed by atoms with Crippen LogP contribution in [0.3, 0.4) is 0 Å². The molecule has 0 aliphatic carbocycles. The van der Waals surface area contributed by atoms with Crippen molar-refractivity contribution in [1.29, 1.82) is 0 Å². The highest BCUT2D eigenvalue weighted by Gasteiger charge is 2.08. The van der Waals surface area contributed by atoms with Gasteiger partial charge >= 0.3 is 0 Å². The summed E-state index contributed by atoms with van der Waals surface area (Å²) in [5.74, 6) is 0.257. The van der Waals surface area contributed by atoms with Crippen molar-refractivity contribution in [2.75, 3.05) is 13.1 Å². The lowest BCUT2D eigenvalue weighted by Gasteiger charge is -2.21. The first-order valence-corrected chi connectivity index (χ1v) is 6.31. The third-order valence-corrected chi connectivity index (χ3v) is 3.03. The Morgan fingerprint density at radius 3 is 2.61 bits per heavy atom. The minimum atomic E-state index is 0.257. The van der Waals surface area contributed by atoms with E-state index >= 15 is 0 Å². The molecule has 0 aliphatic heterocycles. The largest absolute Gasteiger partial charge is 0.409 e. The van der Waals surface area contributed by atoms with Gasteiger partial charge in [0, 0.05) is 6.54 Å². The van der Waals surface area contributed by atoms with Gasteiger partial charge < -0.3 is 10.9 Å². The summed E-state index contributed by atoms with van der Waals surface area (Å²) < 4.78 is 0. The normalized spacial score (nSPS) is 12.1. The Hall–Kier alpha value is -1.55. The minimum absolute atomic E-state index is 0.257. The molecule has 100 valence electrons. The Bertz CT molecular complexity index is 416. The van der Waals surface area contributed by atoms with E-state index in [-0.39, 0.29) is 5.84 Å². The zero-order chi connectivity index (χ0) is 13.5. The van der Waals surface area contributed by atoms with Gasteiger partial charge in [-0.15, -0.1) is 0 Å². The molecule has 4 nitrogen and oxygen atoms in total. The maximum Gasteiger partial charge on any atom is 0.153 e. The van der Waals surface area contributed by atoms with Gasteiger partial charge in [0.25, 0.3) is 0 Å². The summed E-state index contributed by atoms with van der Waals surface area (Å²) in [5.41, 5.74) is 9.43. The number of hydrogen-bond donors (Lipinski definition) is 2. The zero-order valence-electron chi connectivity index (χ0n) is 11.5. The Morgan fingerprint density at radius 1 is 1.33 bits per heavy atom. The first kappa shape index (κ1) is 14.5. The average molecular weight is 249 g/mol. The quantitative estimate of drug-likeness (QED) is 0.352. The van der Waals surface area contributed by atoms with Gasteiger partial charge in [0.15, 0.2) is 5.84 Å². The van der Waals surface area contributed by atoms with E-state index in [0.717, 1.165) is 19.5 Å². The smallest absolute Gasteiger partial charge is 0.153 e. The van der Waals surface area contributed by atoms with Gasteiger partial charge in [-0.25, -0.2) is 0 Å². The van der Waals surface area contributed by atoms with E-state index in [2.05, 4.69) is 49.0 Å². The number of nitrogens with two attached hydrogens (primary N) is 1. The second kappa shape index (κ2) is 7.01. The van der Waals surface area contributed by atoms with E-state index in [1.54, 1.807) is 0 Å². The molecule has 3 N–H and O–H groups in total. The molecule has 0 fully saturated rings. The molecule has 0 radical (unpaired) electrons. The van der Waals surface area contributed by atoms with Crippen LogP contribution in [0.5, 0.6) is 0 Å². The summed E-state index contributed by atoms with van der Waals surface area (Å²) in [5, 5.41) is 11.7. The van der Waals surface area contributed by atoms with Crippen LogP contribution in [0.4, 0.5) is 0 Å². The van der Waals surface area contributed by atoms with Gasteiger partial charge in [0.2, 0.25) is 0 Å². The third-order valence-electron chi connectivity index (χ3n) is 3.03. The van der Waals surface area contributed by atoms with E-state index in [1.165, 1.54) is 16.7 Å². The predicted molar refractivity (Wildman–Crippen MR) is 74.9 cm³/mol. The molecule has 0 amide bonds. The van der Waals surface area contributed by atoms with Crippen LogP contribution in [-0.4, -0.2) is 29.0 Å². The first-order chi connectivity index (χ1) is 8.56. The van der Waals surface area contributed by atoms with Crippen LogP contribution in [0.15, 0.2) is 23.4 Å². The fraction of sp³-hybridized carbons (Fsp3) is 0.500. The van der Waals surface area contributed by atoms with E-state index < -0.39 is 0 Å². The van der Waals surface area contributed by atoms with Gasteiger partial charge in [0.05, 0.1) is 6.54 Å². The Morgan fingerprint density at radius 2 is 2.06 bits per heavy atom. The number of aryl methyl sites for hydroxylation is 2. The molecule has 0 unspecified atom stereocenters. The molecule has 0 aromatic heterocycles. The highest BCUT2D eigenvalue weighted by atomic mass is 16.4. The van der Waals surface area contributed by atoms with Crippen molar-refractivity contribution in [2.45, 2.75) is 33.7 Å². The van der Waals surface area contributed by atoms with Crippen molar-refractivity contribution in [1.82, 2.24) is 4.90 Å². The third kappa shape index (κ3) is 4.37. The lowest BCUT2D eigenvalue weighted by Crippen LogP contribution is -2.34. The molecule has 0 atom stereocenters. The van der Waals surface area contributed by atoms with Crippen LogP contribution in [-0.2, 0) is 6.54 Å². The lowest BCUT2D eigenvalue weighted by atomic mass is 10.1. The van der Waals surface area contributed by atoms with Crippen LogP contribution in [0.1, 0.15) is 30.0 Å². The maximum absolute atomic E-state index is 8.63. The molecule has 1 aromatic carbocycles. The van der Waals surface area contributed by atoms with Gasteiger partial charge in [-0.2, -0.15) is 0 Å². The molecule has 1 rings (SSSR count). The van der Waals surface area contributed by atoms with Gasteiger partial charge in [0.1, 0.15) is 0 Å². The molecule has 0 spiro atoms. The number of amidine groups is 1. The highest BCUT2D eigenvalue weighted by molar-refractivity contribution is 5.81. The number of nitrogens with zero attached hydrogens (tertiary/aromatic N) is 2. The van der Waals surface area contributed by atoms with Crippen LogP contribution in [0, 0.1) is 13.8 Å². The molecule has 1 aromatic rings. The zero-order valence-corrected chi connectivity index (χ0v) is 11.5. The SMILES string of the molecule is CCCN(CC(N)=NO)Cc1ccc(C)c(C)c1. The van der Waals surface area contributed by atoms with Crippen molar-refractivity contribution in [2.24, 2.45) is 10.9 Å². The second-order valence-corrected chi connectivity index (χ2v) is 4.72. The summed E-state index contributed by atoms with van der Waals surface area (Å²) in [7, 11) is 0. The monoisotopic (exact) mass is 249 g/mol. The van der Waals surface area contributed by atoms with Crippen LogP contribution in [0.2, 0.25) is 0 Å². The standard InChI is InChI=1S/C14H23N3O/c1-4-7-17(10-14(15)16-18)9-13-6-5-11(2)12(3)8-13/h5-6,8,18H,4,7,9-10H2,1-3H3,(H2,15,16). The maximum atomic E-state index is 8.63. The molecule has 0 bridgehead atoms. The second-order valence-electron chi connectivity index (χ2n) is 4.72. The summed E-state index contributed by atoms with van der Waals surface area (Å²) in [6, 6.07) is 6.47. The van der Waals surface area contributed by atoms with E-state index in [1.807, 2.05) is 0 Å². The first-order valence-electron chi connectivity index (χ1n) is 6.31. The molecule has 18 heavy (non-hydrogen) atoms. The number of rotatable bonds is 6. The molecule has 4 heteroatoms. The fourth-order valence-corrected chi connectivity index (χ4v) is 1.95. The number of oxime groups is 1. The fourth-order valence-electron chi connectivity index (χ4n) is 1.95. The number of benzene rings is 1. The Kier molecular flexibility index (Phi) is 5.65. The van der Waals surface area contributed by atoms with Gasteiger partial charge in [-0.3, -0.25) is 4.90 Å². The molecule has 0 heterocycles. The van der Waals surface area contributed by atoms with E-state index in [0.29, 0.717) is 6.54 Å². The van der Waals surface area contributed by atoms with Crippen LogP contribution in [0.25, 0.3) is 0 Å². The lowest BCUT2D eigenvalue weighted by molar-refractivity contribution is 0.286. The predicted octanol–water partition coefficient (Wildman–Crippen LogP) is 2.26. The van der Waals surface area contributed by atoms with Gasteiger partial charge in [-0.1, -0.05) is 30.3 Å². The van der Waals surface area contributed by atoms with Crippen LogP contribution >= 0.6 is 0 Å². The van der Waals surface area contributed by atoms with Crippen molar-refractivity contribution in [3.63, 3.8) is 0 Å². The summed E-state index contributed by atoms with van der Waals surface area (Å²) in [6.07, 6.45) is 1.05. The number of hydrogen-bond acceptors (Lipinski definition) is 3. The van der Waals surface area contributed by atoms with Crippen LogP contribution < -0.4 is 5.73 Å². The highest BCUT2D eigenvalue weighted by Crippen LogP contribution is 2.12. The van der Waals surface area contributed by atoms with Gasteiger partial charge in [-0.05, 0) is 43.5 Å². The minimum Gasteiger partial charge on any atom is -0.409 e. The molecule has 0 aliphatic rings. The van der Waals surface area contributed by atoms with E-state index in [4.69, 9.17) is 10.9 Å². The van der Waals surface area contributed by atoms with Crippen molar-refractivity contribution in [3.8, 4) is 0 Å². The molecule has 0 saturated carbocycles. The summed E-state index contributed by atoms with van der Waals surface area (Å²) in [6.45, 7) is 8.61. The van der Waals surface area contributed by atoms with Crippen molar-refractivity contribution >= 4 is 5.84 Å². The Labute approximate surface area is 109 Å². The summed E-state index contributed by atoms with van der Waals surface area (Å²) in [4.78, 5) is 2.18. The molecule has 0 saturated heterocycles. The van der Waals surface area contributed by atoms with Crippen molar-refractivity contribution < 1.29 is 5.21 Å². The molecular formula is C14H23N3O.